The molecule has 1 aromatic heterocycles. The van der Waals surface area contributed by atoms with Crippen molar-refractivity contribution in [1.82, 2.24) is 0 Å². The Balaban J connectivity index is 3.25. The molecule has 11 heavy (non-hydrogen) atoms. The minimum absolute atomic E-state index is 1.11. The van der Waals surface area contributed by atoms with Crippen molar-refractivity contribution in [3.05, 3.63) is 28.0 Å². The van der Waals surface area contributed by atoms with Gasteiger partial charge in [-0.2, -0.15) is 0 Å². The lowest BCUT2D eigenvalue weighted by Crippen LogP contribution is -2.43. The fraction of sp³-hybridized carbons (Fsp3) is 0.375. The largest absolute Gasteiger partial charge is 0.274 e. The first-order chi connectivity index (χ1) is 5.16. The molecule has 0 spiro atoms. The van der Waals surface area contributed by atoms with Gasteiger partial charge in [-0.25, -0.2) is 0 Å². The van der Waals surface area contributed by atoms with Gasteiger partial charge in [0.2, 0.25) is 11.9 Å². The summed E-state index contributed by atoms with van der Waals surface area (Å²) in [4.78, 5) is 5.08. The molecule has 0 amide bonds. The summed E-state index contributed by atoms with van der Waals surface area (Å²) < 4.78 is 2.85. The molecule has 3 heteroatoms. The van der Waals surface area contributed by atoms with Gasteiger partial charge in [0.05, 0.1) is 0 Å². The molecule has 1 aromatic rings. The lowest BCUT2D eigenvalue weighted by molar-refractivity contribution is -0.889. The van der Waals surface area contributed by atoms with Crippen LogP contribution in [-0.2, 0) is 0 Å². The highest BCUT2D eigenvalue weighted by molar-refractivity contribution is 9.10. The Morgan fingerprint density at radius 3 is 2.64 bits per heavy atom. The van der Waals surface area contributed by atoms with E-state index in [2.05, 4.69) is 22.9 Å². The quantitative estimate of drug-likeness (QED) is 0.648. The maximum Gasteiger partial charge on any atom is 0.235 e. The van der Waals surface area contributed by atoms with Gasteiger partial charge in [0, 0.05) is 27.8 Å². The van der Waals surface area contributed by atoms with Crippen molar-refractivity contribution in [3.8, 4) is 0 Å². The molecule has 0 bridgehead atoms. The van der Waals surface area contributed by atoms with Crippen molar-refractivity contribution in [1.29, 1.82) is 0 Å². The average Bonchev–Trinajstić information content (AvgIpc) is 2.01. The Hall–Kier alpha value is -0.570. The van der Waals surface area contributed by atoms with Crippen molar-refractivity contribution >= 4 is 15.9 Å². The molecule has 1 rings (SSSR count). The monoisotopic (exact) mass is 216 g/mol. The van der Waals surface area contributed by atoms with E-state index in [1.165, 1.54) is 5.56 Å². The predicted octanol–water partition coefficient (Wildman–Crippen LogP) is 1.41. The lowest BCUT2D eigenvalue weighted by atomic mass is 10.2. The number of rotatable bonds is 1. The predicted molar refractivity (Wildman–Crippen MR) is 46.3 cm³/mol. The van der Waals surface area contributed by atoms with Gasteiger partial charge in [0.1, 0.15) is 7.11 Å². The zero-order chi connectivity index (χ0) is 8.43. The molecule has 1 heterocycles. The second-order valence-corrected chi connectivity index (χ2v) is 3.24. The van der Waals surface area contributed by atoms with Gasteiger partial charge in [0.15, 0.2) is 0 Å². The molecular weight excluding hydrogens is 206 g/mol. The van der Waals surface area contributed by atoms with E-state index in [1.807, 2.05) is 19.2 Å². The van der Waals surface area contributed by atoms with Crippen molar-refractivity contribution in [2.45, 2.75) is 13.8 Å². The Morgan fingerprint density at radius 2 is 2.09 bits per heavy atom. The normalized spacial score (nSPS) is 9.82. The molecule has 2 nitrogen and oxygen atoms in total. The summed E-state index contributed by atoms with van der Waals surface area (Å²) in [7, 11) is 1.65. The molecule has 0 aliphatic heterocycles. The first-order valence-electron chi connectivity index (χ1n) is 3.38. The van der Waals surface area contributed by atoms with E-state index in [1.54, 1.807) is 11.8 Å². The second kappa shape index (κ2) is 3.22. The van der Waals surface area contributed by atoms with Crippen molar-refractivity contribution < 1.29 is 9.57 Å². The second-order valence-electron chi connectivity index (χ2n) is 2.38. The van der Waals surface area contributed by atoms with E-state index < -0.39 is 0 Å². The van der Waals surface area contributed by atoms with Crippen LogP contribution in [0.15, 0.2) is 16.7 Å². The molecule has 0 aliphatic carbocycles. The average molecular weight is 217 g/mol. The van der Waals surface area contributed by atoms with Crippen LogP contribution in [0, 0.1) is 13.8 Å². The molecule has 0 saturated carbocycles. The standard InChI is InChI=1S/C8H11BrNO/c1-6-7(2)10(11-3)5-4-8(6)9/h4-5H,1-3H3/q+1. The summed E-state index contributed by atoms with van der Waals surface area (Å²) >= 11 is 3.44. The van der Waals surface area contributed by atoms with E-state index in [0.717, 1.165) is 10.2 Å². The molecule has 0 aliphatic rings. The zero-order valence-electron chi connectivity index (χ0n) is 6.89. The Bertz CT molecular complexity index is 273. The fourth-order valence-corrected chi connectivity index (χ4v) is 1.31. The smallest absolute Gasteiger partial charge is 0.235 e. The molecule has 0 N–H and O–H groups in total. The summed E-state index contributed by atoms with van der Waals surface area (Å²) in [6.07, 6.45) is 1.88. The summed E-state index contributed by atoms with van der Waals surface area (Å²) in [6.45, 7) is 4.07. The highest BCUT2D eigenvalue weighted by Gasteiger charge is 2.11. The van der Waals surface area contributed by atoms with Crippen LogP contribution >= 0.6 is 15.9 Å². The number of pyridine rings is 1. The van der Waals surface area contributed by atoms with E-state index >= 15 is 0 Å². The third-order valence-electron chi connectivity index (χ3n) is 1.78. The molecule has 0 atom stereocenters. The van der Waals surface area contributed by atoms with Crippen molar-refractivity contribution in [3.63, 3.8) is 0 Å². The Labute approximate surface area is 74.9 Å². The van der Waals surface area contributed by atoms with E-state index in [0.29, 0.717) is 0 Å². The Morgan fingerprint density at radius 1 is 1.45 bits per heavy atom. The number of hydrogen-bond donors (Lipinski definition) is 0. The van der Waals surface area contributed by atoms with Gasteiger partial charge >= 0.3 is 0 Å². The van der Waals surface area contributed by atoms with E-state index in [9.17, 15) is 0 Å². The number of nitrogens with zero attached hydrogens (tertiary/aromatic N) is 1. The van der Waals surface area contributed by atoms with Crippen LogP contribution in [0.1, 0.15) is 11.3 Å². The molecule has 0 fully saturated rings. The van der Waals surface area contributed by atoms with Crippen LogP contribution in [0.4, 0.5) is 0 Å². The van der Waals surface area contributed by atoms with Crippen molar-refractivity contribution in [2.24, 2.45) is 0 Å². The van der Waals surface area contributed by atoms with Gasteiger partial charge in [-0.3, -0.25) is 4.84 Å². The highest BCUT2D eigenvalue weighted by Crippen LogP contribution is 2.14. The molecular formula is C8H11BrNO+. The van der Waals surface area contributed by atoms with Crippen LogP contribution in [0.3, 0.4) is 0 Å². The fourth-order valence-electron chi connectivity index (χ4n) is 0.906. The van der Waals surface area contributed by atoms with Gasteiger partial charge < -0.3 is 0 Å². The van der Waals surface area contributed by atoms with Gasteiger partial charge in [-0.05, 0) is 6.92 Å². The minimum Gasteiger partial charge on any atom is -0.274 e. The van der Waals surface area contributed by atoms with Crippen LogP contribution < -0.4 is 9.57 Å². The van der Waals surface area contributed by atoms with Crippen LogP contribution in [0.5, 0.6) is 0 Å². The maximum atomic E-state index is 5.08. The summed E-state index contributed by atoms with van der Waals surface area (Å²) in [6, 6.07) is 1.96. The van der Waals surface area contributed by atoms with Crippen LogP contribution in [-0.4, -0.2) is 7.11 Å². The lowest BCUT2D eigenvalue weighted by Gasteiger charge is -1.99. The summed E-state index contributed by atoms with van der Waals surface area (Å²) in [5, 5.41) is 0. The van der Waals surface area contributed by atoms with Gasteiger partial charge in [0.25, 0.3) is 0 Å². The molecule has 0 unspecified atom stereocenters. The summed E-state index contributed by atoms with van der Waals surface area (Å²) in [5.74, 6) is 0. The number of aromatic nitrogens is 1. The third-order valence-corrected chi connectivity index (χ3v) is 2.64. The van der Waals surface area contributed by atoms with Gasteiger partial charge in [-0.15, -0.1) is 0 Å². The van der Waals surface area contributed by atoms with E-state index in [4.69, 9.17) is 4.84 Å². The molecule has 0 aromatic carbocycles. The molecule has 0 saturated heterocycles. The summed E-state index contributed by atoms with van der Waals surface area (Å²) in [5.41, 5.74) is 2.32. The highest BCUT2D eigenvalue weighted by atomic mass is 79.9. The zero-order valence-corrected chi connectivity index (χ0v) is 8.47. The minimum atomic E-state index is 1.11. The van der Waals surface area contributed by atoms with Crippen LogP contribution in [0.25, 0.3) is 0 Å². The molecule has 60 valence electrons. The van der Waals surface area contributed by atoms with E-state index in [-0.39, 0.29) is 0 Å². The van der Waals surface area contributed by atoms with Crippen LogP contribution in [0.2, 0.25) is 0 Å². The Kier molecular flexibility index (Phi) is 2.49. The molecule has 0 radical (unpaired) electrons. The van der Waals surface area contributed by atoms with Gasteiger partial charge in [-0.1, -0.05) is 15.9 Å². The number of hydrogen-bond acceptors (Lipinski definition) is 1. The first kappa shape index (κ1) is 8.53. The number of halogens is 1. The third kappa shape index (κ3) is 1.53. The maximum absolute atomic E-state index is 5.08. The first-order valence-corrected chi connectivity index (χ1v) is 4.18. The van der Waals surface area contributed by atoms with Crippen molar-refractivity contribution in [2.75, 3.05) is 7.11 Å². The topological polar surface area (TPSA) is 13.1 Å². The SMILES string of the molecule is CO[n+]1ccc(Br)c(C)c1C.